The molecule has 2 aromatic rings. The number of nitrogens with zero attached hydrogens (tertiary/aromatic N) is 2. The van der Waals surface area contributed by atoms with Gasteiger partial charge in [-0.25, -0.2) is 0 Å². The lowest BCUT2D eigenvalue weighted by Crippen LogP contribution is -2.32. The summed E-state index contributed by atoms with van der Waals surface area (Å²) in [7, 11) is 1.78. The summed E-state index contributed by atoms with van der Waals surface area (Å²) in [4.78, 5) is 26.1. The van der Waals surface area contributed by atoms with Crippen molar-refractivity contribution in [2.75, 3.05) is 11.9 Å². The van der Waals surface area contributed by atoms with Gasteiger partial charge < -0.3 is 10.6 Å². The van der Waals surface area contributed by atoms with Gasteiger partial charge in [-0.2, -0.15) is 5.10 Å². The first-order valence-corrected chi connectivity index (χ1v) is 9.15. The molecule has 0 aliphatic heterocycles. The SMILES string of the molecule is CCc1sc(C(=O)NCC(=O)Nc2cc(C(C)(C)C)nn2C)cc1C. The average Bonchev–Trinajstić information content (AvgIpc) is 3.08. The molecule has 0 aromatic carbocycles. The Morgan fingerprint density at radius 3 is 2.48 bits per heavy atom. The van der Waals surface area contributed by atoms with Crippen molar-refractivity contribution in [3.05, 3.63) is 33.1 Å². The summed E-state index contributed by atoms with van der Waals surface area (Å²) in [5, 5.41) is 9.87. The van der Waals surface area contributed by atoms with Crippen LogP contribution in [0.15, 0.2) is 12.1 Å². The Hall–Kier alpha value is -2.15. The predicted molar refractivity (Wildman–Crippen MR) is 101 cm³/mol. The second kappa shape index (κ2) is 7.39. The number of aryl methyl sites for hydroxylation is 3. The summed E-state index contributed by atoms with van der Waals surface area (Å²) in [6, 6.07) is 3.73. The number of nitrogens with one attached hydrogen (secondary N) is 2. The molecule has 136 valence electrons. The van der Waals surface area contributed by atoms with Crippen molar-refractivity contribution >= 4 is 29.0 Å². The van der Waals surface area contributed by atoms with Gasteiger partial charge in [-0.3, -0.25) is 14.3 Å². The highest BCUT2D eigenvalue weighted by Crippen LogP contribution is 2.23. The van der Waals surface area contributed by atoms with Gasteiger partial charge >= 0.3 is 0 Å². The lowest BCUT2D eigenvalue weighted by molar-refractivity contribution is -0.115. The van der Waals surface area contributed by atoms with Crippen LogP contribution in [-0.4, -0.2) is 28.1 Å². The van der Waals surface area contributed by atoms with Crippen LogP contribution in [0.5, 0.6) is 0 Å². The fourth-order valence-corrected chi connectivity index (χ4v) is 3.40. The Bertz CT molecular complexity index is 784. The highest BCUT2D eigenvalue weighted by atomic mass is 32.1. The molecule has 0 atom stereocenters. The molecule has 2 rings (SSSR count). The monoisotopic (exact) mass is 362 g/mol. The Kier molecular flexibility index (Phi) is 5.67. The zero-order valence-corrected chi connectivity index (χ0v) is 16.5. The summed E-state index contributed by atoms with van der Waals surface area (Å²) in [5.74, 6) is 0.119. The molecule has 0 spiro atoms. The van der Waals surface area contributed by atoms with E-state index >= 15 is 0 Å². The van der Waals surface area contributed by atoms with Gasteiger partial charge in [0.15, 0.2) is 0 Å². The smallest absolute Gasteiger partial charge is 0.261 e. The maximum atomic E-state index is 12.2. The van der Waals surface area contributed by atoms with Crippen molar-refractivity contribution in [1.29, 1.82) is 0 Å². The minimum Gasteiger partial charge on any atom is -0.342 e. The highest BCUT2D eigenvalue weighted by Gasteiger charge is 2.20. The van der Waals surface area contributed by atoms with E-state index in [9.17, 15) is 9.59 Å². The third kappa shape index (κ3) is 4.69. The average molecular weight is 362 g/mol. The zero-order valence-electron chi connectivity index (χ0n) is 15.7. The van der Waals surface area contributed by atoms with E-state index in [1.54, 1.807) is 11.7 Å². The molecule has 0 saturated heterocycles. The summed E-state index contributed by atoms with van der Waals surface area (Å²) in [6.07, 6.45) is 0.904. The molecular formula is C18H26N4O2S. The van der Waals surface area contributed by atoms with Gasteiger partial charge in [0, 0.05) is 23.4 Å². The number of hydrogen-bond donors (Lipinski definition) is 2. The number of carbonyl (C=O) groups is 2. The molecule has 2 amide bonds. The van der Waals surface area contributed by atoms with Gasteiger partial charge in [0.05, 0.1) is 17.1 Å². The van der Waals surface area contributed by atoms with Gasteiger partial charge in [-0.15, -0.1) is 11.3 Å². The quantitative estimate of drug-likeness (QED) is 0.858. The summed E-state index contributed by atoms with van der Waals surface area (Å²) < 4.78 is 1.64. The standard InChI is InChI=1S/C18H26N4O2S/c1-7-12-11(2)8-13(25-12)17(24)19-10-16(23)20-15-9-14(18(3,4)5)21-22(15)6/h8-9H,7,10H2,1-6H3,(H,19,24)(H,20,23). The number of amides is 2. The molecule has 2 aromatic heterocycles. The van der Waals surface area contributed by atoms with Crippen LogP contribution in [0.1, 0.15) is 53.5 Å². The van der Waals surface area contributed by atoms with Crippen molar-refractivity contribution in [3.8, 4) is 0 Å². The van der Waals surface area contributed by atoms with Gasteiger partial charge in [-0.05, 0) is 25.0 Å². The molecule has 0 aliphatic carbocycles. The van der Waals surface area contributed by atoms with E-state index in [1.807, 2.05) is 19.1 Å². The molecule has 6 nitrogen and oxygen atoms in total. The minimum atomic E-state index is -0.277. The van der Waals surface area contributed by atoms with Crippen LogP contribution < -0.4 is 10.6 Å². The molecule has 2 N–H and O–H groups in total. The van der Waals surface area contributed by atoms with Gasteiger partial charge in [-0.1, -0.05) is 27.7 Å². The first-order valence-electron chi connectivity index (χ1n) is 8.33. The number of thiophene rings is 1. The maximum Gasteiger partial charge on any atom is 0.261 e. The molecule has 25 heavy (non-hydrogen) atoms. The summed E-state index contributed by atoms with van der Waals surface area (Å²) >= 11 is 1.47. The molecule has 0 aliphatic rings. The summed E-state index contributed by atoms with van der Waals surface area (Å²) in [5.41, 5.74) is 1.92. The molecule has 0 unspecified atom stereocenters. The Labute approximate surface area is 152 Å². The minimum absolute atomic E-state index is 0.0761. The number of aromatic nitrogens is 2. The molecule has 0 saturated carbocycles. The van der Waals surface area contributed by atoms with Gasteiger partial charge in [0.25, 0.3) is 5.91 Å². The molecule has 2 heterocycles. The summed E-state index contributed by atoms with van der Waals surface area (Å²) in [6.45, 7) is 10.2. The van der Waals surface area contributed by atoms with Crippen LogP contribution in [-0.2, 0) is 23.7 Å². The van der Waals surface area contributed by atoms with E-state index in [0.717, 1.165) is 17.7 Å². The Morgan fingerprint density at radius 1 is 1.28 bits per heavy atom. The third-order valence-electron chi connectivity index (χ3n) is 3.89. The topological polar surface area (TPSA) is 76.0 Å². The molecular weight excluding hydrogens is 336 g/mol. The van der Waals surface area contributed by atoms with E-state index in [-0.39, 0.29) is 23.8 Å². The van der Waals surface area contributed by atoms with Crippen LogP contribution in [0.4, 0.5) is 5.82 Å². The maximum absolute atomic E-state index is 12.2. The van der Waals surface area contributed by atoms with Crippen molar-refractivity contribution < 1.29 is 9.59 Å². The fraction of sp³-hybridized carbons (Fsp3) is 0.500. The second-order valence-electron chi connectivity index (χ2n) is 7.09. The lowest BCUT2D eigenvalue weighted by Gasteiger charge is -2.13. The van der Waals surface area contributed by atoms with E-state index in [1.165, 1.54) is 16.2 Å². The normalized spacial score (nSPS) is 11.4. The molecule has 0 radical (unpaired) electrons. The third-order valence-corrected chi connectivity index (χ3v) is 5.27. The van der Waals surface area contributed by atoms with Gasteiger partial charge in [0.2, 0.25) is 5.91 Å². The number of hydrogen-bond acceptors (Lipinski definition) is 4. The predicted octanol–water partition coefficient (Wildman–Crippen LogP) is 3.02. The zero-order chi connectivity index (χ0) is 18.8. The lowest BCUT2D eigenvalue weighted by atomic mass is 9.92. The van der Waals surface area contributed by atoms with Crippen LogP contribution in [0.2, 0.25) is 0 Å². The first kappa shape index (κ1) is 19.2. The van der Waals surface area contributed by atoms with Crippen LogP contribution in [0.3, 0.4) is 0 Å². The number of rotatable bonds is 5. The largest absolute Gasteiger partial charge is 0.342 e. The van der Waals surface area contributed by atoms with Crippen molar-refractivity contribution in [3.63, 3.8) is 0 Å². The van der Waals surface area contributed by atoms with E-state index in [0.29, 0.717) is 10.7 Å². The highest BCUT2D eigenvalue weighted by molar-refractivity contribution is 7.14. The Morgan fingerprint density at radius 2 is 1.96 bits per heavy atom. The van der Waals surface area contributed by atoms with E-state index in [2.05, 4.69) is 43.4 Å². The van der Waals surface area contributed by atoms with Crippen LogP contribution in [0.25, 0.3) is 0 Å². The number of anilines is 1. The molecule has 0 fully saturated rings. The van der Waals surface area contributed by atoms with Crippen LogP contribution in [0, 0.1) is 6.92 Å². The van der Waals surface area contributed by atoms with E-state index < -0.39 is 0 Å². The van der Waals surface area contributed by atoms with E-state index in [4.69, 9.17) is 0 Å². The molecule has 0 bridgehead atoms. The first-order chi connectivity index (χ1) is 11.6. The van der Waals surface area contributed by atoms with Crippen molar-refractivity contribution in [1.82, 2.24) is 15.1 Å². The Balaban J connectivity index is 1.94. The molecule has 7 heteroatoms. The number of carbonyl (C=O) groups excluding carboxylic acids is 2. The second-order valence-corrected chi connectivity index (χ2v) is 8.23. The van der Waals surface area contributed by atoms with Gasteiger partial charge in [0.1, 0.15) is 5.82 Å². The van der Waals surface area contributed by atoms with Crippen molar-refractivity contribution in [2.45, 2.75) is 46.5 Å². The van der Waals surface area contributed by atoms with Crippen LogP contribution >= 0.6 is 11.3 Å². The van der Waals surface area contributed by atoms with Crippen molar-refractivity contribution in [2.24, 2.45) is 7.05 Å². The fourth-order valence-electron chi connectivity index (χ4n) is 2.37.